The van der Waals surface area contributed by atoms with Crippen molar-refractivity contribution in [3.05, 3.63) is 88.4 Å². The second-order valence-corrected chi connectivity index (χ2v) is 10.6. The number of nitrogens with one attached hydrogen (secondary N) is 1. The van der Waals surface area contributed by atoms with Crippen molar-refractivity contribution in [2.75, 3.05) is 11.3 Å². The first kappa shape index (κ1) is 21.6. The van der Waals surface area contributed by atoms with Crippen LogP contribution < -0.4 is 4.72 Å². The molecule has 0 fully saturated rings. The molecule has 3 heterocycles. The van der Waals surface area contributed by atoms with E-state index in [2.05, 4.69) is 26.7 Å². The maximum Gasteiger partial charge on any atom is 0.339 e. The summed E-state index contributed by atoms with van der Waals surface area (Å²) in [6.45, 7) is 2.04. The maximum atomic E-state index is 13.3. The maximum absolute atomic E-state index is 13.3. The minimum Gasteiger partial charge on any atom is -0.478 e. The molecule has 9 heteroatoms. The van der Waals surface area contributed by atoms with Crippen molar-refractivity contribution in [2.45, 2.75) is 24.4 Å². The average Bonchev–Trinajstić information content (AvgIpc) is 3.16. The highest BCUT2D eigenvalue weighted by Crippen LogP contribution is 2.39. The van der Waals surface area contributed by atoms with Gasteiger partial charge in [-0.2, -0.15) is 0 Å². The predicted octanol–water partition coefficient (Wildman–Crippen LogP) is 4.35. The number of nitrogens with zero attached hydrogens (tertiary/aromatic N) is 2. The Kier molecular flexibility index (Phi) is 5.61. The second-order valence-electron chi connectivity index (χ2n) is 7.89. The molecule has 0 saturated heterocycles. The summed E-state index contributed by atoms with van der Waals surface area (Å²) in [6.07, 6.45) is 2.16. The third kappa shape index (κ3) is 4.22. The molecule has 33 heavy (non-hydrogen) atoms. The van der Waals surface area contributed by atoms with Crippen LogP contribution in [-0.4, -0.2) is 35.9 Å². The van der Waals surface area contributed by atoms with E-state index >= 15 is 0 Å². The Morgan fingerprint density at radius 1 is 1.09 bits per heavy atom. The number of carbonyl (C=O) groups is 1. The molecule has 2 aromatic heterocycles. The molecule has 0 spiro atoms. The predicted molar refractivity (Wildman–Crippen MR) is 128 cm³/mol. The summed E-state index contributed by atoms with van der Waals surface area (Å²) in [5.74, 6) is -1.12. The fraction of sp³-hybridized carbons (Fsp3) is 0.167. The highest BCUT2D eigenvalue weighted by atomic mass is 32.2. The molecule has 4 aromatic rings. The van der Waals surface area contributed by atoms with Crippen LogP contribution in [0.15, 0.2) is 71.8 Å². The van der Waals surface area contributed by atoms with E-state index in [-0.39, 0.29) is 15.5 Å². The number of thiophene rings is 1. The fourth-order valence-corrected chi connectivity index (χ4v) is 7.02. The first-order chi connectivity index (χ1) is 15.9. The van der Waals surface area contributed by atoms with E-state index < -0.39 is 16.0 Å². The lowest BCUT2D eigenvalue weighted by atomic mass is 10.0. The number of pyridine rings is 1. The zero-order valence-corrected chi connectivity index (χ0v) is 19.2. The number of sulfonamides is 1. The van der Waals surface area contributed by atoms with Crippen LogP contribution >= 0.6 is 11.3 Å². The van der Waals surface area contributed by atoms with Crippen molar-refractivity contribution in [2.24, 2.45) is 0 Å². The van der Waals surface area contributed by atoms with Crippen molar-refractivity contribution in [3.8, 4) is 0 Å². The lowest BCUT2D eigenvalue weighted by Gasteiger charge is -2.26. The molecule has 0 bridgehead atoms. The summed E-state index contributed by atoms with van der Waals surface area (Å²) < 4.78 is 29.1. The molecule has 0 radical (unpaired) electrons. The van der Waals surface area contributed by atoms with Gasteiger partial charge in [-0.1, -0.05) is 36.4 Å². The number of aromatic nitrogens is 1. The van der Waals surface area contributed by atoms with Crippen molar-refractivity contribution < 1.29 is 18.3 Å². The highest BCUT2D eigenvalue weighted by Gasteiger charge is 2.30. The van der Waals surface area contributed by atoms with E-state index in [1.165, 1.54) is 23.0 Å². The van der Waals surface area contributed by atoms with Crippen LogP contribution in [0.1, 0.15) is 26.4 Å². The first-order valence-electron chi connectivity index (χ1n) is 10.4. The lowest BCUT2D eigenvalue weighted by Crippen LogP contribution is -2.29. The minimum absolute atomic E-state index is 0.0521. The zero-order chi connectivity index (χ0) is 23.0. The normalized spacial score (nSPS) is 14.2. The zero-order valence-electron chi connectivity index (χ0n) is 17.6. The number of fused-ring (bicyclic) bond motifs is 2. The smallest absolute Gasteiger partial charge is 0.339 e. The molecule has 2 N–H and O–H groups in total. The van der Waals surface area contributed by atoms with Crippen LogP contribution in [0.25, 0.3) is 10.9 Å². The Labute approximate surface area is 195 Å². The molecular weight excluding hydrogens is 458 g/mol. The molecule has 0 amide bonds. The molecule has 1 aliphatic rings. The third-order valence-corrected chi connectivity index (χ3v) is 8.39. The molecular formula is C24H21N3O4S2. The number of carboxylic acids is 1. The van der Waals surface area contributed by atoms with E-state index in [9.17, 15) is 18.3 Å². The van der Waals surface area contributed by atoms with Gasteiger partial charge < -0.3 is 5.11 Å². The van der Waals surface area contributed by atoms with Crippen LogP contribution in [0.2, 0.25) is 0 Å². The van der Waals surface area contributed by atoms with E-state index in [0.717, 1.165) is 11.4 Å². The number of benzene rings is 2. The van der Waals surface area contributed by atoms with Gasteiger partial charge in [0.2, 0.25) is 0 Å². The Bertz CT molecular complexity index is 1440. The standard InChI is InChI=1S/C24H21N3O4S2/c28-24(29)22-18-11-13-27(14-16-6-2-1-3-7-16)15-20(18)32-23(22)26-33(30,31)21-10-4-9-19-17(21)8-5-12-25-19/h1-10,12,26H,11,13-15H2,(H,28,29). The van der Waals surface area contributed by atoms with Gasteiger partial charge in [-0.15, -0.1) is 11.3 Å². The molecule has 0 aliphatic carbocycles. The lowest BCUT2D eigenvalue weighted by molar-refractivity contribution is 0.0696. The van der Waals surface area contributed by atoms with Crippen molar-refractivity contribution in [3.63, 3.8) is 0 Å². The Balaban J connectivity index is 1.47. The Hall–Kier alpha value is -3.27. The van der Waals surface area contributed by atoms with Gasteiger partial charge >= 0.3 is 5.97 Å². The van der Waals surface area contributed by atoms with Crippen LogP contribution in [0, 0.1) is 0 Å². The molecule has 1 aliphatic heterocycles. The van der Waals surface area contributed by atoms with Gasteiger partial charge in [0.1, 0.15) is 5.00 Å². The fourth-order valence-electron chi connectivity index (χ4n) is 4.22. The highest BCUT2D eigenvalue weighted by molar-refractivity contribution is 7.93. The SMILES string of the molecule is O=C(O)c1c(NS(=O)(=O)c2cccc3ncccc23)sc2c1CCN(Cc1ccccc1)C2. The summed E-state index contributed by atoms with van der Waals surface area (Å²) in [4.78, 5) is 19.5. The number of anilines is 1. The van der Waals surface area contributed by atoms with Gasteiger partial charge in [-0.05, 0) is 41.8 Å². The topological polar surface area (TPSA) is 99.6 Å². The average molecular weight is 480 g/mol. The first-order valence-corrected chi connectivity index (χ1v) is 12.7. The minimum atomic E-state index is -4.01. The molecule has 0 atom stereocenters. The Morgan fingerprint density at radius 2 is 1.91 bits per heavy atom. The molecule has 5 rings (SSSR count). The summed E-state index contributed by atoms with van der Waals surface area (Å²) in [6, 6.07) is 18.3. The summed E-state index contributed by atoms with van der Waals surface area (Å²) >= 11 is 1.20. The van der Waals surface area contributed by atoms with Gasteiger partial charge in [0.15, 0.2) is 0 Å². The largest absolute Gasteiger partial charge is 0.478 e. The number of hydrogen-bond acceptors (Lipinski definition) is 6. The van der Waals surface area contributed by atoms with Gasteiger partial charge in [-0.25, -0.2) is 13.2 Å². The van der Waals surface area contributed by atoms with Crippen molar-refractivity contribution in [1.82, 2.24) is 9.88 Å². The molecule has 2 aromatic carbocycles. The quantitative estimate of drug-likeness (QED) is 0.426. The third-order valence-electron chi connectivity index (χ3n) is 5.72. The van der Waals surface area contributed by atoms with Gasteiger partial charge in [0, 0.05) is 36.1 Å². The number of hydrogen-bond donors (Lipinski definition) is 2. The number of carboxylic acid groups (broad SMARTS) is 1. The van der Waals surface area contributed by atoms with E-state index in [1.54, 1.807) is 30.5 Å². The van der Waals surface area contributed by atoms with Crippen molar-refractivity contribution >= 4 is 43.2 Å². The van der Waals surface area contributed by atoms with Gasteiger partial charge in [0.05, 0.1) is 16.0 Å². The number of rotatable bonds is 6. The van der Waals surface area contributed by atoms with E-state index in [1.807, 2.05) is 18.2 Å². The van der Waals surface area contributed by atoms with Crippen LogP contribution in [-0.2, 0) is 29.5 Å². The van der Waals surface area contributed by atoms with Crippen LogP contribution in [0.3, 0.4) is 0 Å². The summed E-state index contributed by atoms with van der Waals surface area (Å²) in [5, 5.41) is 10.5. The van der Waals surface area contributed by atoms with Gasteiger partial charge in [-0.3, -0.25) is 14.6 Å². The van der Waals surface area contributed by atoms with Crippen LogP contribution in [0.4, 0.5) is 5.00 Å². The van der Waals surface area contributed by atoms with E-state index in [4.69, 9.17) is 0 Å². The molecule has 168 valence electrons. The molecule has 0 unspecified atom stereocenters. The number of aromatic carboxylic acids is 1. The molecule has 7 nitrogen and oxygen atoms in total. The Morgan fingerprint density at radius 3 is 2.70 bits per heavy atom. The van der Waals surface area contributed by atoms with Crippen LogP contribution in [0.5, 0.6) is 0 Å². The molecule has 0 saturated carbocycles. The summed E-state index contributed by atoms with van der Waals surface area (Å²) in [7, 11) is -4.01. The second kappa shape index (κ2) is 8.58. The summed E-state index contributed by atoms with van der Waals surface area (Å²) in [5.41, 5.74) is 2.51. The monoisotopic (exact) mass is 479 g/mol. The van der Waals surface area contributed by atoms with Crippen molar-refractivity contribution in [1.29, 1.82) is 0 Å². The van der Waals surface area contributed by atoms with E-state index in [0.29, 0.717) is 36.0 Å². The van der Waals surface area contributed by atoms with Gasteiger partial charge in [0.25, 0.3) is 10.0 Å².